The molecular weight excluding hydrogens is 312 g/mol. The highest BCUT2D eigenvalue weighted by Crippen LogP contribution is 2.38. The Balaban J connectivity index is 2.49. The quantitative estimate of drug-likeness (QED) is 0.515. The number of alkyl halides is 4. The Morgan fingerprint density at radius 2 is 1.61 bits per heavy atom. The van der Waals surface area contributed by atoms with E-state index < -0.39 is 23.2 Å². The van der Waals surface area contributed by atoms with E-state index in [0.717, 1.165) is 0 Å². The van der Waals surface area contributed by atoms with E-state index in [1.807, 2.05) is 0 Å². The van der Waals surface area contributed by atoms with E-state index in [2.05, 4.69) is 15.9 Å². The van der Waals surface area contributed by atoms with Crippen LogP contribution in [0.25, 0.3) is 10.8 Å². The summed E-state index contributed by atoms with van der Waals surface area (Å²) in [5.41, 5.74) is 0.448. The molecule has 0 N–H and O–H groups in total. The first-order valence-corrected chi connectivity index (χ1v) is 6.18. The van der Waals surface area contributed by atoms with Gasteiger partial charge < -0.3 is 0 Å². The molecule has 0 spiro atoms. The van der Waals surface area contributed by atoms with Gasteiger partial charge in [0.25, 0.3) is 0 Å². The first kappa shape index (κ1) is 13.3. The second-order valence-corrected chi connectivity index (χ2v) is 5.07. The number of benzene rings is 2. The van der Waals surface area contributed by atoms with E-state index in [0.29, 0.717) is 16.3 Å². The minimum atomic E-state index is -4.26. The number of halogens is 5. The van der Waals surface area contributed by atoms with E-state index in [4.69, 9.17) is 0 Å². The van der Waals surface area contributed by atoms with Crippen LogP contribution in [0, 0.1) is 5.82 Å². The van der Waals surface area contributed by atoms with Crippen molar-refractivity contribution in [1.29, 1.82) is 0 Å². The van der Waals surface area contributed by atoms with E-state index in [9.17, 15) is 17.6 Å². The summed E-state index contributed by atoms with van der Waals surface area (Å²) < 4.78 is 50.6. The minimum Gasteiger partial charge on any atom is -0.206 e. The molecule has 0 heterocycles. The highest BCUT2D eigenvalue weighted by atomic mass is 79.9. The molecule has 0 saturated carbocycles. The van der Waals surface area contributed by atoms with Crippen molar-refractivity contribution >= 4 is 26.7 Å². The predicted octanol–water partition coefficient (Wildman–Crippen LogP) is 5.37. The molecule has 2 rings (SSSR count). The van der Waals surface area contributed by atoms with Crippen LogP contribution >= 0.6 is 15.9 Å². The van der Waals surface area contributed by atoms with E-state index >= 15 is 0 Å². The number of rotatable bonds is 2. The Morgan fingerprint density at radius 3 is 2.22 bits per heavy atom. The second-order valence-electron chi connectivity index (χ2n) is 3.97. The normalized spacial score (nSPS) is 13.8. The summed E-state index contributed by atoms with van der Waals surface area (Å²) in [6.45, 7) is 0. The SMILES string of the molecule is Fc1ccc(C(Br)CC(F)(F)F)c2ccccc12. The van der Waals surface area contributed by atoms with Gasteiger partial charge in [0.1, 0.15) is 5.82 Å². The van der Waals surface area contributed by atoms with E-state index in [1.165, 1.54) is 12.1 Å². The van der Waals surface area contributed by atoms with Crippen LogP contribution < -0.4 is 0 Å². The van der Waals surface area contributed by atoms with Gasteiger partial charge in [0, 0.05) is 10.2 Å². The van der Waals surface area contributed by atoms with Crippen molar-refractivity contribution in [3.63, 3.8) is 0 Å². The molecule has 0 radical (unpaired) electrons. The summed E-state index contributed by atoms with van der Waals surface area (Å²) >= 11 is 3.03. The molecule has 2 aromatic carbocycles. The van der Waals surface area contributed by atoms with Crippen LogP contribution in [-0.2, 0) is 0 Å². The number of fused-ring (bicyclic) bond motifs is 1. The zero-order valence-corrected chi connectivity index (χ0v) is 10.7. The van der Waals surface area contributed by atoms with Crippen molar-refractivity contribution in [3.8, 4) is 0 Å². The maximum Gasteiger partial charge on any atom is 0.390 e. The van der Waals surface area contributed by atoms with Gasteiger partial charge in [0.15, 0.2) is 0 Å². The molecule has 0 fully saturated rings. The van der Waals surface area contributed by atoms with E-state index in [1.54, 1.807) is 24.3 Å². The van der Waals surface area contributed by atoms with Crippen molar-refractivity contribution in [2.75, 3.05) is 0 Å². The fourth-order valence-electron chi connectivity index (χ4n) is 1.87. The van der Waals surface area contributed by atoms with E-state index in [-0.39, 0.29) is 0 Å². The fourth-order valence-corrected chi connectivity index (χ4v) is 2.64. The van der Waals surface area contributed by atoms with Crippen LogP contribution in [-0.4, -0.2) is 6.18 Å². The molecule has 96 valence electrons. The standard InChI is InChI=1S/C13H9BrF4/c14-11(7-13(16,17)18)9-5-6-12(15)10-4-2-1-3-8(9)10/h1-6,11H,7H2. The van der Waals surface area contributed by atoms with Crippen molar-refractivity contribution in [1.82, 2.24) is 0 Å². The fraction of sp³-hybridized carbons (Fsp3) is 0.231. The highest BCUT2D eigenvalue weighted by Gasteiger charge is 2.32. The summed E-state index contributed by atoms with van der Waals surface area (Å²) in [6, 6.07) is 9.10. The molecule has 5 heteroatoms. The molecule has 1 unspecified atom stereocenters. The Labute approximate surface area is 110 Å². The molecule has 2 aromatic rings. The molecule has 0 nitrogen and oxygen atoms in total. The minimum absolute atomic E-state index is 0.335. The Hall–Kier alpha value is -1.10. The molecule has 1 atom stereocenters. The molecule has 0 saturated heterocycles. The van der Waals surface area contributed by atoms with Crippen molar-refractivity contribution in [2.24, 2.45) is 0 Å². The van der Waals surface area contributed by atoms with Crippen LogP contribution in [0.4, 0.5) is 17.6 Å². The Kier molecular flexibility index (Phi) is 3.61. The topological polar surface area (TPSA) is 0 Å². The number of hydrogen-bond donors (Lipinski definition) is 0. The molecule has 18 heavy (non-hydrogen) atoms. The maximum absolute atomic E-state index is 13.5. The van der Waals surface area contributed by atoms with Gasteiger partial charge in [-0.3, -0.25) is 0 Å². The summed E-state index contributed by atoms with van der Waals surface area (Å²) in [5.74, 6) is -0.430. The van der Waals surface area contributed by atoms with Gasteiger partial charge in [0.05, 0.1) is 6.42 Å². The average molecular weight is 321 g/mol. The van der Waals surface area contributed by atoms with Gasteiger partial charge in [-0.1, -0.05) is 46.3 Å². The lowest BCUT2D eigenvalue weighted by Crippen LogP contribution is -2.10. The third kappa shape index (κ3) is 2.83. The third-order valence-corrected chi connectivity index (χ3v) is 3.47. The lowest BCUT2D eigenvalue weighted by molar-refractivity contribution is -0.134. The largest absolute Gasteiger partial charge is 0.390 e. The predicted molar refractivity (Wildman–Crippen MR) is 66.2 cm³/mol. The first-order valence-electron chi connectivity index (χ1n) is 5.26. The summed E-state index contributed by atoms with van der Waals surface area (Å²) in [7, 11) is 0. The van der Waals surface area contributed by atoms with Crippen LogP contribution in [0.5, 0.6) is 0 Å². The maximum atomic E-state index is 13.5. The molecule has 0 aliphatic heterocycles. The summed E-state index contributed by atoms with van der Waals surface area (Å²) in [5, 5.41) is 0.838. The van der Waals surface area contributed by atoms with Gasteiger partial charge >= 0.3 is 6.18 Å². The molecule has 0 bridgehead atoms. The zero-order chi connectivity index (χ0) is 13.3. The third-order valence-electron chi connectivity index (χ3n) is 2.65. The van der Waals surface area contributed by atoms with Crippen molar-refractivity contribution in [3.05, 3.63) is 47.8 Å². The molecule has 0 amide bonds. The average Bonchev–Trinajstić information content (AvgIpc) is 2.27. The first-order chi connectivity index (χ1) is 8.38. The summed E-state index contributed by atoms with van der Waals surface area (Å²) in [4.78, 5) is -0.872. The van der Waals surface area contributed by atoms with Gasteiger partial charge in [-0.05, 0) is 17.0 Å². The van der Waals surface area contributed by atoms with Gasteiger partial charge in [-0.25, -0.2) is 4.39 Å². The van der Waals surface area contributed by atoms with Crippen LogP contribution in [0.3, 0.4) is 0 Å². The monoisotopic (exact) mass is 320 g/mol. The molecule has 0 aromatic heterocycles. The Morgan fingerprint density at radius 1 is 1.00 bits per heavy atom. The molecular formula is C13H9BrF4. The van der Waals surface area contributed by atoms with Gasteiger partial charge in [-0.15, -0.1) is 0 Å². The van der Waals surface area contributed by atoms with Gasteiger partial charge in [-0.2, -0.15) is 13.2 Å². The lowest BCUT2D eigenvalue weighted by Gasteiger charge is -2.15. The lowest BCUT2D eigenvalue weighted by atomic mass is 10.0. The molecule has 0 aliphatic carbocycles. The Bertz CT molecular complexity index is 562. The summed E-state index contributed by atoms with van der Waals surface area (Å²) in [6.07, 6.45) is -5.24. The van der Waals surface area contributed by atoms with Gasteiger partial charge in [0.2, 0.25) is 0 Å². The molecule has 0 aliphatic rings. The van der Waals surface area contributed by atoms with Crippen molar-refractivity contribution in [2.45, 2.75) is 17.4 Å². The highest BCUT2D eigenvalue weighted by molar-refractivity contribution is 9.09. The zero-order valence-electron chi connectivity index (χ0n) is 9.14. The number of hydrogen-bond acceptors (Lipinski definition) is 0. The van der Waals surface area contributed by atoms with Crippen LogP contribution in [0.15, 0.2) is 36.4 Å². The smallest absolute Gasteiger partial charge is 0.206 e. The second kappa shape index (κ2) is 4.88. The van der Waals surface area contributed by atoms with Crippen LogP contribution in [0.1, 0.15) is 16.8 Å². The van der Waals surface area contributed by atoms with Crippen molar-refractivity contribution < 1.29 is 17.6 Å². The van der Waals surface area contributed by atoms with Crippen LogP contribution in [0.2, 0.25) is 0 Å².